The van der Waals surface area contributed by atoms with E-state index in [1.807, 2.05) is 0 Å². The van der Waals surface area contributed by atoms with Gasteiger partial charge in [0.05, 0.1) is 11.3 Å². The van der Waals surface area contributed by atoms with Gasteiger partial charge < -0.3 is 15.7 Å². The van der Waals surface area contributed by atoms with Crippen LogP contribution in [-0.4, -0.2) is 17.3 Å². The summed E-state index contributed by atoms with van der Waals surface area (Å²) in [5.74, 6) is 2.26. The number of phenols is 1. The molecular formula is C21H19Br2F3N2O2. The summed E-state index contributed by atoms with van der Waals surface area (Å²) in [4.78, 5) is 12.2. The maximum atomic E-state index is 12.8. The number of phenolic OH excluding ortho intramolecular Hbond substituents is 1. The molecule has 2 aromatic carbocycles. The third-order valence-corrected chi connectivity index (χ3v) is 4.86. The van der Waals surface area contributed by atoms with Crippen LogP contribution in [0.5, 0.6) is 5.75 Å². The highest BCUT2D eigenvalue weighted by Gasteiger charge is 2.31. The first-order valence-corrected chi connectivity index (χ1v) is 10.0. The summed E-state index contributed by atoms with van der Waals surface area (Å²) in [7, 11) is 0. The number of benzene rings is 2. The number of carbonyl (C=O) groups is 1. The van der Waals surface area contributed by atoms with Crippen LogP contribution in [0.4, 0.5) is 23.7 Å². The lowest BCUT2D eigenvalue weighted by Crippen LogP contribution is -2.28. The summed E-state index contributed by atoms with van der Waals surface area (Å²) in [6.07, 6.45) is 1.86. The average molecular weight is 548 g/mol. The maximum absolute atomic E-state index is 12.8. The molecule has 0 spiro atoms. The van der Waals surface area contributed by atoms with Crippen LogP contribution in [0.1, 0.15) is 20.8 Å². The van der Waals surface area contributed by atoms with E-state index in [9.17, 15) is 23.1 Å². The Morgan fingerprint density at radius 2 is 1.80 bits per heavy atom. The number of alkyl halides is 3. The molecule has 0 saturated carbocycles. The van der Waals surface area contributed by atoms with E-state index in [4.69, 9.17) is 0 Å². The van der Waals surface area contributed by atoms with E-state index >= 15 is 0 Å². The Balaban J connectivity index is 0.00000141. The number of anilines is 1. The lowest BCUT2D eigenvalue weighted by Gasteiger charge is -2.14. The number of terminal acetylenes is 1. The molecule has 0 aliphatic heterocycles. The number of hydrogen-bond acceptors (Lipinski definition) is 2. The van der Waals surface area contributed by atoms with Crippen molar-refractivity contribution in [3.8, 4) is 18.1 Å². The predicted octanol–water partition coefficient (Wildman–Crippen LogP) is 7.24. The van der Waals surface area contributed by atoms with Crippen LogP contribution in [0.15, 0.2) is 56.6 Å². The molecule has 2 aromatic rings. The highest BCUT2D eigenvalue weighted by molar-refractivity contribution is 9.11. The first-order chi connectivity index (χ1) is 13.9. The van der Waals surface area contributed by atoms with Crippen molar-refractivity contribution in [2.75, 3.05) is 5.32 Å². The second-order valence-electron chi connectivity index (χ2n) is 5.88. The maximum Gasteiger partial charge on any atom is 0.416 e. The minimum absolute atomic E-state index is 0.00920. The van der Waals surface area contributed by atoms with Gasteiger partial charge in [-0.2, -0.15) is 13.2 Å². The Morgan fingerprint density at radius 1 is 1.20 bits per heavy atom. The topological polar surface area (TPSA) is 61.4 Å². The SMILES string of the molecule is C#CC.C/C=C(\C=C(/C)NC(=O)Nc1c(Br)cc(Br)c2ccc(O)cc12)C(F)(F)F. The quantitative estimate of drug-likeness (QED) is 0.280. The Bertz CT molecular complexity index is 1040. The molecule has 30 heavy (non-hydrogen) atoms. The molecular weight excluding hydrogens is 529 g/mol. The molecule has 0 radical (unpaired) electrons. The molecule has 2 amide bonds. The summed E-state index contributed by atoms with van der Waals surface area (Å²) in [5.41, 5.74) is -0.463. The van der Waals surface area contributed by atoms with Gasteiger partial charge in [-0.05, 0) is 72.4 Å². The number of carbonyl (C=O) groups excluding carboxylic acids is 1. The van der Waals surface area contributed by atoms with E-state index in [-0.39, 0.29) is 11.4 Å². The zero-order valence-electron chi connectivity index (χ0n) is 16.3. The van der Waals surface area contributed by atoms with Crippen molar-refractivity contribution >= 4 is 54.4 Å². The van der Waals surface area contributed by atoms with Gasteiger partial charge >= 0.3 is 12.2 Å². The zero-order valence-corrected chi connectivity index (χ0v) is 19.5. The van der Waals surface area contributed by atoms with E-state index in [0.717, 1.165) is 22.0 Å². The predicted molar refractivity (Wildman–Crippen MR) is 121 cm³/mol. The van der Waals surface area contributed by atoms with Crippen LogP contribution in [-0.2, 0) is 0 Å². The van der Waals surface area contributed by atoms with E-state index in [1.54, 1.807) is 19.1 Å². The molecule has 0 aliphatic carbocycles. The lowest BCUT2D eigenvalue weighted by atomic mass is 10.1. The van der Waals surface area contributed by atoms with Crippen LogP contribution < -0.4 is 10.6 Å². The first kappa shape index (κ1) is 25.6. The molecule has 0 saturated heterocycles. The van der Waals surface area contributed by atoms with Crippen molar-refractivity contribution in [2.24, 2.45) is 0 Å². The second-order valence-corrected chi connectivity index (χ2v) is 7.59. The van der Waals surface area contributed by atoms with Crippen LogP contribution in [0, 0.1) is 12.3 Å². The van der Waals surface area contributed by atoms with Gasteiger partial charge in [0.2, 0.25) is 0 Å². The number of nitrogens with one attached hydrogen (secondary N) is 2. The fraction of sp³-hybridized carbons (Fsp3) is 0.190. The van der Waals surface area contributed by atoms with Crippen molar-refractivity contribution in [2.45, 2.75) is 26.9 Å². The second kappa shape index (κ2) is 11.1. The summed E-state index contributed by atoms with van der Waals surface area (Å²) >= 11 is 6.74. The smallest absolute Gasteiger partial charge is 0.416 e. The number of amides is 2. The monoisotopic (exact) mass is 546 g/mol. The van der Waals surface area contributed by atoms with Crippen molar-refractivity contribution in [3.63, 3.8) is 0 Å². The third kappa shape index (κ3) is 7.11. The average Bonchev–Trinajstić information content (AvgIpc) is 2.62. The van der Waals surface area contributed by atoms with Gasteiger partial charge in [-0.3, -0.25) is 0 Å². The number of aromatic hydroxyl groups is 1. The number of allylic oxidation sites excluding steroid dienone is 4. The molecule has 9 heteroatoms. The Morgan fingerprint density at radius 3 is 2.33 bits per heavy atom. The fourth-order valence-corrected chi connectivity index (χ4v) is 3.81. The standard InChI is InChI=1S/C18H15Br2F3N2O2.C3H4/c1-3-10(18(21,22)23)6-9(2)24-17(27)25-16-13-7-11(26)4-5-12(13)14(19)8-15(16)20;1-3-2/h3-8,26H,1-2H3,(H2,24,25,27);1H,2H3/b9-6+,10-3+;. The van der Waals surface area contributed by atoms with Gasteiger partial charge in [0.15, 0.2) is 0 Å². The highest BCUT2D eigenvalue weighted by Crippen LogP contribution is 2.38. The van der Waals surface area contributed by atoms with Crippen LogP contribution in [0.2, 0.25) is 0 Å². The van der Waals surface area contributed by atoms with Gasteiger partial charge in [-0.25, -0.2) is 4.79 Å². The lowest BCUT2D eigenvalue weighted by molar-refractivity contribution is -0.0884. The van der Waals surface area contributed by atoms with E-state index in [0.29, 0.717) is 15.5 Å². The molecule has 160 valence electrons. The van der Waals surface area contributed by atoms with E-state index < -0.39 is 17.8 Å². The molecule has 0 heterocycles. The largest absolute Gasteiger partial charge is 0.508 e. The highest BCUT2D eigenvalue weighted by atomic mass is 79.9. The van der Waals surface area contributed by atoms with Crippen molar-refractivity contribution < 1.29 is 23.1 Å². The molecule has 0 bridgehead atoms. The first-order valence-electron chi connectivity index (χ1n) is 8.42. The zero-order chi connectivity index (χ0) is 23.1. The summed E-state index contributed by atoms with van der Waals surface area (Å²) in [5, 5.41) is 16.0. The minimum Gasteiger partial charge on any atom is -0.508 e. The van der Waals surface area contributed by atoms with Crippen LogP contribution >= 0.6 is 31.9 Å². The molecule has 0 aromatic heterocycles. The van der Waals surface area contributed by atoms with Crippen molar-refractivity contribution in [3.05, 3.63) is 56.6 Å². The number of rotatable bonds is 3. The Hall–Kier alpha value is -2.44. The van der Waals surface area contributed by atoms with Gasteiger partial charge in [0.1, 0.15) is 5.75 Å². The number of hydrogen-bond donors (Lipinski definition) is 3. The summed E-state index contributed by atoms with van der Waals surface area (Å²) in [6, 6.07) is 5.67. The molecule has 4 nitrogen and oxygen atoms in total. The Labute approximate surface area is 189 Å². The molecule has 0 aliphatic rings. The third-order valence-electron chi connectivity index (χ3n) is 3.58. The van der Waals surface area contributed by atoms with E-state index in [1.165, 1.54) is 26.0 Å². The van der Waals surface area contributed by atoms with Gasteiger partial charge in [0, 0.05) is 20.0 Å². The summed E-state index contributed by atoms with van der Waals surface area (Å²) in [6.45, 7) is 4.28. The van der Waals surface area contributed by atoms with E-state index in [2.05, 4.69) is 54.8 Å². The van der Waals surface area contributed by atoms with Crippen LogP contribution in [0.3, 0.4) is 0 Å². The Kier molecular flexibility index (Phi) is 9.46. The molecule has 3 N–H and O–H groups in total. The molecule has 2 rings (SSSR count). The number of fused-ring (bicyclic) bond motifs is 1. The number of halogens is 5. The molecule has 0 fully saturated rings. The fourth-order valence-electron chi connectivity index (χ4n) is 2.39. The van der Waals surface area contributed by atoms with Crippen molar-refractivity contribution in [1.82, 2.24) is 5.32 Å². The van der Waals surface area contributed by atoms with Gasteiger partial charge in [0.25, 0.3) is 0 Å². The van der Waals surface area contributed by atoms with Crippen molar-refractivity contribution in [1.29, 1.82) is 0 Å². The number of urea groups is 1. The van der Waals surface area contributed by atoms with Gasteiger partial charge in [-0.1, -0.05) is 22.0 Å². The summed E-state index contributed by atoms with van der Waals surface area (Å²) < 4.78 is 39.7. The van der Waals surface area contributed by atoms with Crippen LogP contribution in [0.25, 0.3) is 10.8 Å². The molecule has 0 unspecified atom stereocenters. The normalized spacial score (nSPS) is 12.0. The minimum atomic E-state index is -4.50. The molecule has 0 atom stereocenters. The van der Waals surface area contributed by atoms with Gasteiger partial charge in [-0.15, -0.1) is 12.3 Å².